The van der Waals surface area contributed by atoms with E-state index in [1.165, 1.54) is 4.90 Å². The van der Waals surface area contributed by atoms with Gasteiger partial charge in [-0.25, -0.2) is 4.79 Å². The standard InChI is InChI=1S/C10H20N2O4/c1-9(2,3)16-8(14)12-6-10(11,15)4-7(12)5-13/h7,13,15H,4-6,11H2,1-3H3. The summed E-state index contributed by atoms with van der Waals surface area (Å²) in [6, 6.07) is -0.482. The zero-order chi connectivity index (χ0) is 12.6. The third-order valence-electron chi connectivity index (χ3n) is 2.31. The Morgan fingerprint density at radius 2 is 2.19 bits per heavy atom. The zero-order valence-corrected chi connectivity index (χ0v) is 9.93. The minimum atomic E-state index is -1.44. The summed E-state index contributed by atoms with van der Waals surface area (Å²) in [5.41, 5.74) is 3.49. The van der Waals surface area contributed by atoms with Gasteiger partial charge in [0, 0.05) is 6.42 Å². The van der Waals surface area contributed by atoms with Crippen LogP contribution >= 0.6 is 0 Å². The highest BCUT2D eigenvalue weighted by molar-refractivity contribution is 5.69. The van der Waals surface area contributed by atoms with Crippen molar-refractivity contribution >= 4 is 6.09 Å². The number of hydrogen-bond donors (Lipinski definition) is 3. The molecule has 6 heteroatoms. The molecular formula is C10H20N2O4. The molecule has 1 aliphatic rings. The summed E-state index contributed by atoms with van der Waals surface area (Å²) in [7, 11) is 0. The van der Waals surface area contributed by atoms with Gasteiger partial charge in [-0.2, -0.15) is 0 Å². The van der Waals surface area contributed by atoms with E-state index in [-0.39, 0.29) is 19.6 Å². The molecule has 0 saturated carbocycles. The maximum atomic E-state index is 11.7. The summed E-state index contributed by atoms with van der Waals surface area (Å²) < 4.78 is 5.16. The van der Waals surface area contributed by atoms with Gasteiger partial charge >= 0.3 is 6.09 Å². The van der Waals surface area contributed by atoms with Gasteiger partial charge in [0.2, 0.25) is 0 Å². The van der Waals surface area contributed by atoms with Gasteiger partial charge in [-0.05, 0) is 20.8 Å². The number of ether oxygens (including phenoxy) is 1. The molecule has 6 nitrogen and oxygen atoms in total. The average Bonchev–Trinajstić information content (AvgIpc) is 2.38. The van der Waals surface area contributed by atoms with Crippen LogP contribution in [0.2, 0.25) is 0 Å². The minimum absolute atomic E-state index is 0.0207. The highest BCUT2D eigenvalue weighted by atomic mass is 16.6. The predicted molar refractivity (Wildman–Crippen MR) is 57.6 cm³/mol. The first kappa shape index (κ1) is 13.2. The maximum absolute atomic E-state index is 11.7. The monoisotopic (exact) mass is 232 g/mol. The van der Waals surface area contributed by atoms with Gasteiger partial charge in [0.25, 0.3) is 0 Å². The molecule has 0 aromatic rings. The number of nitrogens with zero attached hydrogens (tertiary/aromatic N) is 1. The number of aliphatic hydroxyl groups excluding tert-OH is 1. The number of hydrogen-bond acceptors (Lipinski definition) is 5. The number of carbonyl (C=O) groups is 1. The molecule has 0 bridgehead atoms. The fourth-order valence-corrected chi connectivity index (χ4v) is 1.70. The fraction of sp³-hybridized carbons (Fsp3) is 0.900. The van der Waals surface area contributed by atoms with Crippen molar-refractivity contribution < 1.29 is 19.7 Å². The summed E-state index contributed by atoms with van der Waals surface area (Å²) in [6.45, 7) is 5.00. The minimum Gasteiger partial charge on any atom is -0.444 e. The highest BCUT2D eigenvalue weighted by Crippen LogP contribution is 2.24. The highest BCUT2D eigenvalue weighted by Gasteiger charge is 2.43. The molecule has 0 spiro atoms. The van der Waals surface area contributed by atoms with E-state index in [1.807, 2.05) is 0 Å². The van der Waals surface area contributed by atoms with Crippen molar-refractivity contribution in [3.05, 3.63) is 0 Å². The molecule has 1 heterocycles. The third-order valence-corrected chi connectivity index (χ3v) is 2.31. The van der Waals surface area contributed by atoms with E-state index >= 15 is 0 Å². The van der Waals surface area contributed by atoms with E-state index in [9.17, 15) is 9.90 Å². The molecule has 1 amide bonds. The lowest BCUT2D eigenvalue weighted by molar-refractivity contribution is 0.0108. The lowest BCUT2D eigenvalue weighted by atomic mass is 10.1. The summed E-state index contributed by atoms with van der Waals surface area (Å²) in [4.78, 5) is 13.0. The molecule has 1 aliphatic heterocycles. The first-order chi connectivity index (χ1) is 7.14. The second-order valence-corrected chi connectivity index (χ2v) is 5.25. The van der Waals surface area contributed by atoms with Crippen LogP contribution in [0.5, 0.6) is 0 Å². The summed E-state index contributed by atoms with van der Waals surface area (Å²) in [5, 5.41) is 18.7. The number of aliphatic hydroxyl groups is 2. The number of β-amino-alcohol motifs (C(OH)–C–C–N with tert-alkyl or cyclic N) is 1. The van der Waals surface area contributed by atoms with Crippen LogP contribution in [0, 0.1) is 0 Å². The molecule has 0 aromatic heterocycles. The Morgan fingerprint density at radius 1 is 1.62 bits per heavy atom. The second kappa shape index (κ2) is 4.20. The normalized spacial score (nSPS) is 30.6. The Labute approximate surface area is 95.0 Å². The largest absolute Gasteiger partial charge is 0.444 e. The molecule has 2 atom stereocenters. The number of carbonyl (C=O) groups excluding carboxylic acids is 1. The Morgan fingerprint density at radius 3 is 2.62 bits per heavy atom. The van der Waals surface area contributed by atoms with Gasteiger partial charge < -0.3 is 20.7 Å². The lowest BCUT2D eigenvalue weighted by Gasteiger charge is -2.27. The summed E-state index contributed by atoms with van der Waals surface area (Å²) >= 11 is 0. The van der Waals surface area contributed by atoms with Crippen molar-refractivity contribution in [2.45, 2.75) is 44.6 Å². The van der Waals surface area contributed by atoms with Crippen LogP contribution in [-0.2, 0) is 4.74 Å². The first-order valence-corrected chi connectivity index (χ1v) is 5.26. The van der Waals surface area contributed by atoms with Crippen molar-refractivity contribution in [2.24, 2.45) is 5.73 Å². The molecule has 0 radical (unpaired) electrons. The van der Waals surface area contributed by atoms with Gasteiger partial charge in [-0.15, -0.1) is 0 Å². The van der Waals surface area contributed by atoms with Crippen LogP contribution in [0.15, 0.2) is 0 Å². The van der Waals surface area contributed by atoms with Gasteiger partial charge in [0.15, 0.2) is 0 Å². The van der Waals surface area contributed by atoms with Crippen LogP contribution < -0.4 is 5.73 Å². The summed E-state index contributed by atoms with van der Waals surface area (Å²) in [5.74, 6) is 0. The van der Waals surface area contributed by atoms with Crippen molar-refractivity contribution in [3.8, 4) is 0 Å². The van der Waals surface area contributed by atoms with Gasteiger partial charge in [0.1, 0.15) is 11.3 Å². The van der Waals surface area contributed by atoms with Crippen LogP contribution in [0.4, 0.5) is 4.79 Å². The first-order valence-electron chi connectivity index (χ1n) is 5.26. The van der Waals surface area contributed by atoms with Crippen molar-refractivity contribution in [1.29, 1.82) is 0 Å². The van der Waals surface area contributed by atoms with Gasteiger partial charge in [-0.1, -0.05) is 0 Å². The van der Waals surface area contributed by atoms with Crippen LogP contribution in [0.1, 0.15) is 27.2 Å². The number of rotatable bonds is 1. The molecule has 1 rings (SSSR count). The van der Waals surface area contributed by atoms with Crippen LogP contribution in [-0.4, -0.2) is 51.7 Å². The smallest absolute Gasteiger partial charge is 0.410 e. The molecule has 16 heavy (non-hydrogen) atoms. The molecule has 1 fully saturated rings. The number of nitrogens with two attached hydrogens (primary N) is 1. The summed E-state index contributed by atoms with van der Waals surface area (Å²) in [6.07, 6.45) is -0.407. The molecule has 94 valence electrons. The van der Waals surface area contributed by atoms with Gasteiger partial charge in [0.05, 0.1) is 19.2 Å². The SMILES string of the molecule is CC(C)(C)OC(=O)N1CC(N)(O)CC1CO. The Kier molecular flexibility index (Phi) is 3.47. The number of amides is 1. The van der Waals surface area contributed by atoms with E-state index in [0.29, 0.717) is 0 Å². The quantitative estimate of drug-likeness (QED) is 0.536. The fourth-order valence-electron chi connectivity index (χ4n) is 1.70. The molecule has 2 unspecified atom stereocenters. The second-order valence-electron chi connectivity index (χ2n) is 5.25. The van der Waals surface area contributed by atoms with Crippen LogP contribution in [0.25, 0.3) is 0 Å². The molecule has 1 saturated heterocycles. The predicted octanol–water partition coefficient (Wildman–Crippen LogP) is -0.365. The molecule has 0 aliphatic carbocycles. The maximum Gasteiger partial charge on any atom is 0.410 e. The zero-order valence-electron chi connectivity index (χ0n) is 9.93. The molecule has 4 N–H and O–H groups in total. The van der Waals surface area contributed by atoms with Crippen molar-refractivity contribution in [2.75, 3.05) is 13.2 Å². The van der Waals surface area contributed by atoms with E-state index in [4.69, 9.17) is 15.6 Å². The van der Waals surface area contributed by atoms with E-state index in [1.54, 1.807) is 20.8 Å². The molecule has 0 aromatic carbocycles. The molecular weight excluding hydrogens is 212 g/mol. The topological polar surface area (TPSA) is 96.0 Å². The third kappa shape index (κ3) is 3.33. The average molecular weight is 232 g/mol. The van der Waals surface area contributed by atoms with Crippen molar-refractivity contribution in [3.63, 3.8) is 0 Å². The lowest BCUT2D eigenvalue weighted by Crippen LogP contribution is -2.45. The Bertz CT molecular complexity index is 272. The Balaban J connectivity index is 2.69. The van der Waals surface area contributed by atoms with Crippen molar-refractivity contribution in [1.82, 2.24) is 4.90 Å². The Hall–Kier alpha value is -0.850. The van der Waals surface area contributed by atoms with Gasteiger partial charge in [-0.3, -0.25) is 4.90 Å². The number of likely N-dealkylation sites (tertiary alicyclic amines) is 1. The van der Waals surface area contributed by atoms with E-state index < -0.39 is 23.5 Å². The van der Waals surface area contributed by atoms with E-state index in [0.717, 1.165) is 0 Å². The van der Waals surface area contributed by atoms with E-state index in [2.05, 4.69) is 0 Å². The van der Waals surface area contributed by atoms with Crippen LogP contribution in [0.3, 0.4) is 0 Å².